The van der Waals surface area contributed by atoms with Crippen LogP contribution in [0.4, 0.5) is 0 Å². The van der Waals surface area contributed by atoms with Crippen molar-refractivity contribution in [2.24, 2.45) is 0 Å². The lowest BCUT2D eigenvalue weighted by Gasteiger charge is -2.19. The minimum absolute atomic E-state index is 0.451. The van der Waals surface area contributed by atoms with Crippen molar-refractivity contribution < 1.29 is 4.74 Å². The van der Waals surface area contributed by atoms with Gasteiger partial charge in [0.15, 0.2) is 0 Å². The quantitative estimate of drug-likeness (QED) is 0.678. The van der Waals surface area contributed by atoms with E-state index in [0.717, 1.165) is 29.2 Å². The lowest BCUT2D eigenvalue weighted by molar-refractivity contribution is 0.306. The molecular weight excluding hydrogens is 349 g/mol. The van der Waals surface area contributed by atoms with Crippen molar-refractivity contribution in [3.63, 3.8) is 0 Å². The molecule has 1 heterocycles. The van der Waals surface area contributed by atoms with E-state index in [-0.39, 0.29) is 0 Å². The molecule has 0 bridgehead atoms. The van der Waals surface area contributed by atoms with Crippen LogP contribution >= 0.6 is 35.4 Å². The molecule has 0 unspecified atom stereocenters. The molecule has 23 heavy (non-hydrogen) atoms. The van der Waals surface area contributed by atoms with Crippen molar-refractivity contribution >= 4 is 40.4 Å². The number of nitrogens with zero attached hydrogens (tertiary/aromatic N) is 1. The summed E-state index contributed by atoms with van der Waals surface area (Å²) in [5.74, 6) is 0.662. The topological polar surface area (TPSA) is 12.5 Å². The third-order valence-corrected chi connectivity index (χ3v) is 4.92. The number of rotatable bonds is 4. The third-order valence-electron chi connectivity index (χ3n) is 3.88. The second-order valence-electron chi connectivity index (χ2n) is 5.56. The van der Waals surface area contributed by atoms with Crippen molar-refractivity contribution in [3.05, 3.63) is 63.6 Å². The Hall–Kier alpha value is -1.29. The van der Waals surface area contributed by atoms with Crippen molar-refractivity contribution in [1.29, 1.82) is 0 Å². The molecule has 0 amide bonds. The van der Waals surface area contributed by atoms with Crippen molar-refractivity contribution in [2.45, 2.75) is 19.4 Å². The molecule has 2 nitrogen and oxygen atoms in total. The molecule has 0 radical (unpaired) electrons. The molecule has 0 atom stereocenters. The summed E-state index contributed by atoms with van der Waals surface area (Å²) in [4.78, 5) is 3.10. The average molecular weight is 366 g/mol. The molecular formula is C18H17Cl2NOS. The van der Waals surface area contributed by atoms with E-state index < -0.39 is 0 Å². The Morgan fingerprint density at radius 2 is 1.74 bits per heavy atom. The fourth-order valence-corrected chi connectivity index (χ4v) is 3.27. The fraction of sp³-hybridized carbons (Fsp3) is 0.278. The van der Waals surface area contributed by atoms with E-state index in [0.29, 0.717) is 22.4 Å². The van der Waals surface area contributed by atoms with Crippen molar-refractivity contribution in [2.75, 3.05) is 13.1 Å². The Morgan fingerprint density at radius 1 is 1.04 bits per heavy atom. The summed E-state index contributed by atoms with van der Waals surface area (Å²) in [6.07, 6.45) is 2.41. The van der Waals surface area contributed by atoms with Gasteiger partial charge in [0.25, 0.3) is 0 Å². The summed E-state index contributed by atoms with van der Waals surface area (Å²) in [6.45, 7) is 2.52. The highest BCUT2D eigenvalue weighted by molar-refractivity contribution is 7.80. The number of hydrogen-bond donors (Lipinski definition) is 0. The standard InChI is InChI=1S/C18H17Cl2NOS/c19-15-6-3-13(4-7-15)12-22-17-8-5-14(11-16(17)20)18(23)21-9-1-2-10-21/h3-8,11H,1-2,9-10,12H2. The van der Waals surface area contributed by atoms with Crippen LogP contribution in [-0.2, 0) is 6.61 Å². The number of ether oxygens (including phenoxy) is 1. The predicted molar refractivity (Wildman–Crippen MR) is 99.7 cm³/mol. The van der Waals surface area contributed by atoms with Gasteiger partial charge in [0.05, 0.1) is 5.02 Å². The van der Waals surface area contributed by atoms with Gasteiger partial charge >= 0.3 is 0 Å². The van der Waals surface area contributed by atoms with Crippen LogP contribution in [0.3, 0.4) is 0 Å². The number of thiocarbonyl (C=S) groups is 1. The van der Waals surface area contributed by atoms with Crippen LogP contribution in [-0.4, -0.2) is 23.0 Å². The number of hydrogen-bond acceptors (Lipinski definition) is 2. The maximum absolute atomic E-state index is 6.35. The Balaban J connectivity index is 1.66. The van der Waals surface area contributed by atoms with Gasteiger partial charge in [-0.3, -0.25) is 0 Å². The second-order valence-corrected chi connectivity index (χ2v) is 6.79. The van der Waals surface area contributed by atoms with E-state index >= 15 is 0 Å². The lowest BCUT2D eigenvalue weighted by Crippen LogP contribution is -2.26. The lowest BCUT2D eigenvalue weighted by atomic mass is 10.2. The zero-order valence-corrected chi connectivity index (χ0v) is 14.9. The molecule has 0 saturated carbocycles. The highest BCUT2D eigenvalue weighted by atomic mass is 35.5. The van der Waals surface area contributed by atoms with E-state index in [9.17, 15) is 0 Å². The van der Waals surface area contributed by atoms with Gasteiger partial charge in [-0.2, -0.15) is 0 Å². The molecule has 0 aromatic heterocycles. The van der Waals surface area contributed by atoms with Gasteiger partial charge in [0.2, 0.25) is 0 Å². The van der Waals surface area contributed by atoms with Gasteiger partial charge in [0.1, 0.15) is 17.3 Å². The molecule has 2 aromatic rings. The fourth-order valence-electron chi connectivity index (χ4n) is 2.60. The van der Waals surface area contributed by atoms with Gasteiger partial charge in [-0.25, -0.2) is 0 Å². The van der Waals surface area contributed by atoms with Crippen LogP contribution in [0, 0.1) is 0 Å². The molecule has 0 aliphatic carbocycles. The van der Waals surface area contributed by atoms with E-state index in [1.54, 1.807) is 0 Å². The SMILES string of the molecule is S=C(c1ccc(OCc2ccc(Cl)cc2)c(Cl)c1)N1CCCC1. The van der Waals surface area contributed by atoms with Gasteiger partial charge < -0.3 is 9.64 Å². The van der Waals surface area contributed by atoms with E-state index in [1.807, 2.05) is 42.5 Å². The first-order valence-corrected chi connectivity index (χ1v) is 8.76. The van der Waals surface area contributed by atoms with Gasteiger partial charge in [-0.05, 0) is 48.7 Å². The Labute approximate surface area is 152 Å². The van der Waals surface area contributed by atoms with E-state index in [1.165, 1.54) is 12.8 Å². The van der Waals surface area contributed by atoms with E-state index in [2.05, 4.69) is 4.90 Å². The normalized spacial score (nSPS) is 14.1. The maximum atomic E-state index is 6.35. The Kier molecular flexibility index (Phi) is 5.42. The van der Waals surface area contributed by atoms with Crippen LogP contribution in [0.2, 0.25) is 10.0 Å². The van der Waals surface area contributed by atoms with Crippen LogP contribution in [0.25, 0.3) is 0 Å². The molecule has 5 heteroatoms. The third kappa shape index (κ3) is 4.17. The highest BCUT2D eigenvalue weighted by Crippen LogP contribution is 2.28. The van der Waals surface area contributed by atoms with Gasteiger partial charge in [-0.1, -0.05) is 47.6 Å². The molecule has 120 valence electrons. The first-order chi connectivity index (χ1) is 11.1. The van der Waals surface area contributed by atoms with Crippen molar-refractivity contribution in [1.82, 2.24) is 4.90 Å². The molecule has 1 aliphatic heterocycles. The van der Waals surface area contributed by atoms with Crippen LogP contribution < -0.4 is 4.74 Å². The first-order valence-electron chi connectivity index (χ1n) is 7.59. The zero-order chi connectivity index (χ0) is 16.2. The zero-order valence-electron chi connectivity index (χ0n) is 12.6. The molecule has 1 saturated heterocycles. The molecule has 0 spiro atoms. The first kappa shape index (κ1) is 16.6. The summed E-state index contributed by atoms with van der Waals surface area (Å²) in [7, 11) is 0. The molecule has 1 aliphatic rings. The molecule has 0 N–H and O–H groups in total. The highest BCUT2D eigenvalue weighted by Gasteiger charge is 2.17. The van der Waals surface area contributed by atoms with E-state index in [4.69, 9.17) is 40.2 Å². The monoisotopic (exact) mass is 365 g/mol. The smallest absolute Gasteiger partial charge is 0.138 e. The summed E-state index contributed by atoms with van der Waals surface area (Å²) in [5, 5.41) is 1.30. The summed E-state index contributed by atoms with van der Waals surface area (Å²) in [6, 6.07) is 13.3. The molecule has 2 aromatic carbocycles. The Bertz CT molecular complexity index is 697. The van der Waals surface area contributed by atoms with Gasteiger partial charge in [-0.15, -0.1) is 0 Å². The van der Waals surface area contributed by atoms with Crippen LogP contribution in [0.5, 0.6) is 5.75 Å². The summed E-state index contributed by atoms with van der Waals surface area (Å²) in [5.41, 5.74) is 2.02. The average Bonchev–Trinajstić information content (AvgIpc) is 3.09. The maximum Gasteiger partial charge on any atom is 0.138 e. The largest absolute Gasteiger partial charge is 0.487 e. The summed E-state index contributed by atoms with van der Waals surface area (Å²) >= 11 is 17.8. The summed E-state index contributed by atoms with van der Waals surface area (Å²) < 4.78 is 5.79. The number of halogens is 2. The van der Waals surface area contributed by atoms with Crippen LogP contribution in [0.1, 0.15) is 24.0 Å². The van der Waals surface area contributed by atoms with Crippen molar-refractivity contribution in [3.8, 4) is 5.75 Å². The minimum atomic E-state index is 0.451. The number of likely N-dealkylation sites (tertiary alicyclic amines) is 1. The van der Waals surface area contributed by atoms with Gasteiger partial charge in [0, 0.05) is 23.7 Å². The predicted octanol–water partition coefficient (Wildman–Crippen LogP) is 5.34. The van der Waals surface area contributed by atoms with Crippen LogP contribution in [0.15, 0.2) is 42.5 Å². The molecule has 1 fully saturated rings. The second kappa shape index (κ2) is 7.52. The molecule has 3 rings (SSSR count). The Morgan fingerprint density at radius 3 is 2.39 bits per heavy atom. The number of benzene rings is 2. The minimum Gasteiger partial charge on any atom is -0.487 e.